The molecule has 2 aromatic carbocycles. The second kappa shape index (κ2) is 10.7. The van der Waals surface area contributed by atoms with Crippen LogP contribution in [0.4, 0.5) is 0 Å². The van der Waals surface area contributed by atoms with E-state index >= 15 is 0 Å². The highest BCUT2D eigenvalue weighted by atomic mass is 16.7. The van der Waals surface area contributed by atoms with Gasteiger partial charge in [-0.15, -0.1) is 0 Å². The van der Waals surface area contributed by atoms with Crippen molar-refractivity contribution in [3.63, 3.8) is 0 Å². The molecule has 9 heteroatoms. The van der Waals surface area contributed by atoms with Crippen molar-refractivity contribution < 1.29 is 44.8 Å². The second-order valence-electron chi connectivity index (χ2n) is 7.57. The summed E-state index contributed by atoms with van der Waals surface area (Å²) in [5.74, 6) is -0.316. The smallest absolute Gasteiger partial charge is 0.229 e. The van der Waals surface area contributed by atoms with Crippen LogP contribution in [0.2, 0.25) is 0 Å². The van der Waals surface area contributed by atoms with Crippen LogP contribution in [0.1, 0.15) is 17.0 Å². The van der Waals surface area contributed by atoms with Crippen molar-refractivity contribution in [2.75, 3.05) is 13.7 Å². The molecule has 33 heavy (non-hydrogen) atoms. The van der Waals surface area contributed by atoms with Gasteiger partial charge in [-0.2, -0.15) is 0 Å². The third-order valence-electron chi connectivity index (χ3n) is 5.40. The van der Waals surface area contributed by atoms with E-state index in [1.807, 2.05) is 0 Å². The molecule has 0 unspecified atom stereocenters. The first-order valence-corrected chi connectivity index (χ1v) is 10.3. The Morgan fingerprint density at radius 3 is 2.33 bits per heavy atom. The number of phenolic OH excluding ortho intramolecular Hbond substituents is 2. The molecule has 3 rings (SSSR count). The maximum Gasteiger partial charge on any atom is 0.229 e. The van der Waals surface area contributed by atoms with Gasteiger partial charge < -0.3 is 44.8 Å². The Kier molecular flexibility index (Phi) is 7.96. The fourth-order valence-corrected chi connectivity index (χ4v) is 3.66. The fraction of sp³-hybridized carbons (Fsp3) is 0.333. The predicted octanol–water partition coefficient (Wildman–Crippen LogP) is 1.16. The van der Waals surface area contributed by atoms with Gasteiger partial charge in [-0.1, -0.05) is 36.9 Å². The standard InChI is InChI=1S/C24H28O9/c1-3-4-5-16(13-6-8-14(26)9-7-13)17-10-15(27)11-18(31-2)23(17)33-24-22(30)21(29)20(28)19(12-25)32-24/h3-11,16,19-22,24-30H,1,12H2,2H3/t16-,19-,20-,21+,22-,24+/m1/s1. The van der Waals surface area contributed by atoms with Gasteiger partial charge in [0.15, 0.2) is 11.5 Å². The fourth-order valence-electron chi connectivity index (χ4n) is 3.66. The Labute approximate surface area is 191 Å². The summed E-state index contributed by atoms with van der Waals surface area (Å²) in [6, 6.07) is 9.19. The number of aliphatic hydroxyl groups excluding tert-OH is 4. The molecule has 0 radical (unpaired) electrons. The number of aliphatic hydroxyl groups is 4. The minimum absolute atomic E-state index is 0.0801. The maximum absolute atomic E-state index is 10.4. The molecule has 6 N–H and O–H groups in total. The van der Waals surface area contributed by atoms with Crippen molar-refractivity contribution in [2.24, 2.45) is 0 Å². The van der Waals surface area contributed by atoms with Gasteiger partial charge in [0.2, 0.25) is 6.29 Å². The number of aromatic hydroxyl groups is 2. The highest BCUT2D eigenvalue weighted by molar-refractivity contribution is 5.56. The number of methoxy groups -OCH3 is 1. The van der Waals surface area contributed by atoms with Crippen LogP contribution in [0.25, 0.3) is 0 Å². The summed E-state index contributed by atoms with van der Waals surface area (Å²) in [5.41, 5.74) is 1.16. The van der Waals surface area contributed by atoms with E-state index in [2.05, 4.69) is 6.58 Å². The third-order valence-corrected chi connectivity index (χ3v) is 5.40. The van der Waals surface area contributed by atoms with Crippen molar-refractivity contribution in [3.8, 4) is 23.0 Å². The molecule has 1 aliphatic heterocycles. The summed E-state index contributed by atoms with van der Waals surface area (Å²) in [4.78, 5) is 0. The molecule has 0 aromatic heterocycles. The minimum atomic E-state index is -1.63. The molecule has 6 atom stereocenters. The average Bonchev–Trinajstić information content (AvgIpc) is 2.81. The summed E-state index contributed by atoms with van der Waals surface area (Å²) >= 11 is 0. The lowest BCUT2D eigenvalue weighted by molar-refractivity contribution is -0.277. The lowest BCUT2D eigenvalue weighted by Crippen LogP contribution is -2.60. The topological polar surface area (TPSA) is 149 Å². The first-order valence-electron chi connectivity index (χ1n) is 10.3. The van der Waals surface area contributed by atoms with E-state index < -0.39 is 43.2 Å². The lowest BCUT2D eigenvalue weighted by atomic mass is 9.89. The molecular weight excluding hydrogens is 432 g/mol. The normalized spacial score (nSPS) is 26.2. The van der Waals surface area contributed by atoms with Crippen LogP contribution < -0.4 is 9.47 Å². The number of benzene rings is 2. The van der Waals surface area contributed by atoms with Crippen molar-refractivity contribution in [2.45, 2.75) is 36.6 Å². The Balaban J connectivity index is 2.10. The SMILES string of the molecule is C=CC=C[C@H](c1ccc(O)cc1)c1cc(O)cc(OC)c1O[C@@H]1O[C@H](CO)[C@@H](O)[C@H](O)[C@H]1O. The Bertz CT molecular complexity index is 971. The molecule has 0 saturated carbocycles. The minimum Gasteiger partial charge on any atom is -0.508 e. The van der Waals surface area contributed by atoms with Crippen molar-refractivity contribution in [3.05, 3.63) is 72.3 Å². The first-order chi connectivity index (χ1) is 15.8. The zero-order valence-electron chi connectivity index (χ0n) is 18.0. The van der Waals surface area contributed by atoms with Gasteiger partial charge in [0.05, 0.1) is 13.7 Å². The summed E-state index contributed by atoms with van der Waals surface area (Å²) in [7, 11) is 1.37. The van der Waals surface area contributed by atoms with Crippen molar-refractivity contribution in [1.29, 1.82) is 0 Å². The van der Waals surface area contributed by atoms with Gasteiger partial charge in [-0.05, 0) is 23.8 Å². The average molecular weight is 460 g/mol. The molecule has 2 aromatic rings. The predicted molar refractivity (Wildman–Crippen MR) is 118 cm³/mol. The van der Waals surface area contributed by atoms with E-state index in [4.69, 9.17) is 14.2 Å². The Morgan fingerprint density at radius 2 is 1.73 bits per heavy atom. The molecule has 1 aliphatic rings. The van der Waals surface area contributed by atoms with Crippen molar-refractivity contribution in [1.82, 2.24) is 0 Å². The highest BCUT2D eigenvalue weighted by Crippen LogP contribution is 2.43. The number of hydrogen-bond acceptors (Lipinski definition) is 9. The van der Waals surface area contributed by atoms with E-state index in [0.717, 1.165) is 5.56 Å². The Hall–Kier alpha value is -3.08. The summed E-state index contributed by atoms with van der Waals surface area (Å²) < 4.78 is 16.8. The first kappa shape index (κ1) is 24.6. The van der Waals surface area contributed by atoms with Gasteiger partial charge in [0.1, 0.15) is 35.9 Å². The summed E-state index contributed by atoms with van der Waals surface area (Å²) in [6.07, 6.45) is -2.35. The summed E-state index contributed by atoms with van der Waals surface area (Å²) in [6.45, 7) is 3.08. The molecule has 1 saturated heterocycles. The quantitative estimate of drug-likeness (QED) is 0.319. The van der Waals surface area contributed by atoms with E-state index in [9.17, 15) is 30.6 Å². The molecular formula is C24H28O9. The van der Waals surface area contributed by atoms with E-state index in [1.165, 1.54) is 31.4 Å². The highest BCUT2D eigenvalue weighted by Gasteiger charge is 2.45. The molecule has 0 aliphatic carbocycles. The maximum atomic E-state index is 10.4. The number of ether oxygens (including phenoxy) is 3. The number of hydrogen-bond donors (Lipinski definition) is 6. The monoisotopic (exact) mass is 460 g/mol. The van der Waals surface area contributed by atoms with E-state index in [1.54, 1.807) is 30.4 Å². The number of phenols is 2. The van der Waals surface area contributed by atoms with Gasteiger partial charge >= 0.3 is 0 Å². The molecule has 0 spiro atoms. The molecule has 0 amide bonds. The molecule has 1 heterocycles. The molecule has 178 valence electrons. The molecule has 9 nitrogen and oxygen atoms in total. The number of allylic oxidation sites excluding steroid dienone is 3. The van der Waals surface area contributed by atoms with Crippen LogP contribution in [0.3, 0.4) is 0 Å². The van der Waals surface area contributed by atoms with Gasteiger partial charge in [0.25, 0.3) is 0 Å². The zero-order valence-corrected chi connectivity index (χ0v) is 18.0. The zero-order chi connectivity index (χ0) is 24.1. The van der Waals surface area contributed by atoms with Crippen LogP contribution >= 0.6 is 0 Å². The summed E-state index contributed by atoms with van der Waals surface area (Å²) in [5, 5.41) is 60.1. The van der Waals surface area contributed by atoms with Crippen LogP contribution in [-0.2, 0) is 4.74 Å². The van der Waals surface area contributed by atoms with Gasteiger partial charge in [-0.25, -0.2) is 0 Å². The Morgan fingerprint density at radius 1 is 1.03 bits per heavy atom. The van der Waals surface area contributed by atoms with Crippen LogP contribution in [0.5, 0.6) is 23.0 Å². The lowest BCUT2D eigenvalue weighted by Gasteiger charge is -2.40. The van der Waals surface area contributed by atoms with Crippen LogP contribution in [0.15, 0.2) is 61.2 Å². The van der Waals surface area contributed by atoms with E-state index in [-0.39, 0.29) is 23.0 Å². The van der Waals surface area contributed by atoms with Gasteiger partial charge in [0, 0.05) is 17.5 Å². The van der Waals surface area contributed by atoms with Crippen LogP contribution in [-0.4, -0.2) is 75.1 Å². The van der Waals surface area contributed by atoms with Gasteiger partial charge in [-0.3, -0.25) is 0 Å². The van der Waals surface area contributed by atoms with Crippen molar-refractivity contribution >= 4 is 0 Å². The third kappa shape index (κ3) is 5.29. The van der Waals surface area contributed by atoms with Crippen LogP contribution in [0, 0.1) is 0 Å². The van der Waals surface area contributed by atoms with E-state index in [0.29, 0.717) is 5.56 Å². The molecule has 1 fully saturated rings. The largest absolute Gasteiger partial charge is 0.508 e. The second-order valence-corrected chi connectivity index (χ2v) is 7.57. The number of rotatable bonds is 8. The molecule has 0 bridgehead atoms.